The summed E-state index contributed by atoms with van der Waals surface area (Å²) < 4.78 is 13.5. The maximum absolute atomic E-state index is 13.5. The first-order chi connectivity index (χ1) is 11.4. The van der Waals surface area contributed by atoms with Gasteiger partial charge in [0.25, 0.3) is 5.91 Å². The highest BCUT2D eigenvalue weighted by molar-refractivity contribution is 7.17. The minimum Gasteiger partial charge on any atom is -0.317 e. The van der Waals surface area contributed by atoms with E-state index in [9.17, 15) is 9.18 Å². The molecule has 0 unspecified atom stereocenters. The fraction of sp³-hybridized carbons (Fsp3) is 0.0769. The normalized spacial score (nSPS) is 10.7. The summed E-state index contributed by atoms with van der Waals surface area (Å²) in [6.45, 7) is 1.71. The second-order valence-electron chi connectivity index (χ2n) is 4.46. The van der Waals surface area contributed by atoms with Gasteiger partial charge in [0.05, 0.1) is 11.2 Å². The van der Waals surface area contributed by atoms with E-state index >= 15 is 0 Å². The van der Waals surface area contributed by atoms with Crippen LogP contribution in [0.1, 0.15) is 15.5 Å². The molecule has 0 atom stereocenters. The average molecular weight is 404 g/mol. The van der Waals surface area contributed by atoms with Crippen molar-refractivity contribution in [1.82, 2.24) is 15.0 Å². The number of aromatic nitrogens is 3. The van der Waals surface area contributed by atoms with Gasteiger partial charge in [0.15, 0.2) is 5.13 Å². The standard InChI is InChI=1S/C13H8Cl2FN5OS2/c1-5-18-8(15)2-9(19-5)20-13-17-3-7(24-13)12(22)21-10-6(14)4-23-11(10)16/h2-4H,1H3,(H,21,22)(H,17,18,19,20). The van der Waals surface area contributed by atoms with Crippen molar-refractivity contribution >= 4 is 68.4 Å². The highest BCUT2D eigenvalue weighted by Gasteiger charge is 2.17. The highest BCUT2D eigenvalue weighted by Crippen LogP contribution is 2.32. The molecule has 0 aliphatic heterocycles. The summed E-state index contributed by atoms with van der Waals surface area (Å²) in [5.41, 5.74) is -0.0345. The Kier molecular flexibility index (Phi) is 4.95. The van der Waals surface area contributed by atoms with Gasteiger partial charge in [-0.1, -0.05) is 34.5 Å². The molecule has 124 valence electrons. The molecule has 0 saturated heterocycles. The van der Waals surface area contributed by atoms with Gasteiger partial charge in [-0.2, -0.15) is 4.39 Å². The van der Waals surface area contributed by atoms with Gasteiger partial charge in [-0.25, -0.2) is 15.0 Å². The van der Waals surface area contributed by atoms with Crippen LogP contribution in [0.25, 0.3) is 0 Å². The number of aryl methyl sites for hydroxylation is 1. The van der Waals surface area contributed by atoms with Crippen LogP contribution in [0.15, 0.2) is 17.6 Å². The van der Waals surface area contributed by atoms with E-state index in [0.29, 0.717) is 21.9 Å². The largest absolute Gasteiger partial charge is 0.317 e. The van der Waals surface area contributed by atoms with Crippen LogP contribution in [0.5, 0.6) is 0 Å². The molecule has 3 aromatic heterocycles. The molecule has 0 spiro atoms. The molecule has 24 heavy (non-hydrogen) atoms. The van der Waals surface area contributed by atoms with Crippen LogP contribution >= 0.6 is 45.9 Å². The third-order valence-corrected chi connectivity index (χ3v) is 5.01. The van der Waals surface area contributed by atoms with Crippen molar-refractivity contribution in [2.75, 3.05) is 10.6 Å². The third kappa shape index (κ3) is 3.81. The molecule has 2 N–H and O–H groups in total. The zero-order valence-electron chi connectivity index (χ0n) is 11.9. The van der Waals surface area contributed by atoms with Crippen LogP contribution in [0.2, 0.25) is 10.2 Å². The topological polar surface area (TPSA) is 79.8 Å². The Labute approximate surface area is 153 Å². The first-order valence-electron chi connectivity index (χ1n) is 6.40. The van der Waals surface area contributed by atoms with Crippen LogP contribution < -0.4 is 10.6 Å². The second-order valence-corrected chi connectivity index (χ2v) is 7.12. The SMILES string of the molecule is Cc1nc(Cl)cc(Nc2ncc(C(=O)Nc3c(Cl)csc3F)s2)n1. The lowest BCUT2D eigenvalue weighted by molar-refractivity contribution is 0.103. The summed E-state index contributed by atoms with van der Waals surface area (Å²) in [6.07, 6.45) is 1.37. The van der Waals surface area contributed by atoms with Crippen molar-refractivity contribution in [3.8, 4) is 0 Å². The van der Waals surface area contributed by atoms with Gasteiger partial charge < -0.3 is 10.6 Å². The van der Waals surface area contributed by atoms with Crippen molar-refractivity contribution in [3.05, 3.63) is 43.7 Å². The van der Waals surface area contributed by atoms with Gasteiger partial charge in [-0.3, -0.25) is 4.79 Å². The fourth-order valence-electron chi connectivity index (χ4n) is 1.74. The molecule has 0 bridgehead atoms. The lowest BCUT2D eigenvalue weighted by atomic mass is 10.4. The number of nitrogens with one attached hydrogen (secondary N) is 2. The predicted octanol–water partition coefficient (Wildman–Crippen LogP) is 4.74. The summed E-state index contributed by atoms with van der Waals surface area (Å²) in [7, 11) is 0. The van der Waals surface area contributed by atoms with E-state index in [-0.39, 0.29) is 15.6 Å². The van der Waals surface area contributed by atoms with Crippen LogP contribution in [0, 0.1) is 12.1 Å². The lowest BCUT2D eigenvalue weighted by Gasteiger charge is -2.03. The number of hydrogen-bond acceptors (Lipinski definition) is 7. The summed E-state index contributed by atoms with van der Waals surface area (Å²) in [5.74, 6) is 0.458. The molecule has 3 heterocycles. The van der Waals surface area contributed by atoms with E-state index in [1.165, 1.54) is 17.6 Å². The molecule has 11 heteroatoms. The Bertz CT molecular complexity index is 874. The number of thiazole rings is 1. The van der Waals surface area contributed by atoms with Crippen molar-refractivity contribution in [2.45, 2.75) is 6.92 Å². The van der Waals surface area contributed by atoms with Gasteiger partial charge in [0.2, 0.25) is 5.13 Å². The fourth-order valence-corrected chi connectivity index (χ4v) is 3.61. The van der Waals surface area contributed by atoms with E-state index in [0.717, 1.165) is 22.7 Å². The number of anilines is 3. The van der Waals surface area contributed by atoms with E-state index in [2.05, 4.69) is 25.6 Å². The van der Waals surface area contributed by atoms with Gasteiger partial charge in [-0.05, 0) is 6.92 Å². The number of hydrogen-bond donors (Lipinski definition) is 2. The van der Waals surface area contributed by atoms with Gasteiger partial charge in [0.1, 0.15) is 27.4 Å². The van der Waals surface area contributed by atoms with E-state index in [1.54, 1.807) is 6.92 Å². The molecule has 3 rings (SSSR count). The molecule has 0 fully saturated rings. The molecular formula is C13H8Cl2FN5OS2. The minimum absolute atomic E-state index is 0.0345. The minimum atomic E-state index is -0.553. The lowest BCUT2D eigenvalue weighted by Crippen LogP contribution is -2.10. The van der Waals surface area contributed by atoms with Crippen molar-refractivity contribution in [3.63, 3.8) is 0 Å². The Balaban J connectivity index is 1.74. The summed E-state index contributed by atoms with van der Waals surface area (Å²) in [5, 5.41) is 7.11. The molecule has 0 aliphatic rings. The molecule has 0 aliphatic carbocycles. The van der Waals surface area contributed by atoms with E-state index in [4.69, 9.17) is 23.2 Å². The van der Waals surface area contributed by atoms with E-state index in [1.807, 2.05) is 0 Å². The number of nitrogens with zero attached hydrogens (tertiary/aromatic N) is 3. The number of thiophene rings is 1. The molecule has 0 aromatic carbocycles. The quantitative estimate of drug-likeness (QED) is 0.614. The zero-order chi connectivity index (χ0) is 17.3. The number of carbonyl (C=O) groups excluding carboxylic acids is 1. The first-order valence-corrected chi connectivity index (χ1v) is 8.85. The monoisotopic (exact) mass is 403 g/mol. The van der Waals surface area contributed by atoms with Gasteiger partial charge in [0, 0.05) is 11.4 Å². The molecule has 3 aromatic rings. The Morgan fingerprint density at radius 1 is 1.33 bits per heavy atom. The van der Waals surface area contributed by atoms with Crippen molar-refractivity contribution < 1.29 is 9.18 Å². The molecule has 0 saturated carbocycles. The summed E-state index contributed by atoms with van der Waals surface area (Å²) >= 11 is 13.6. The zero-order valence-corrected chi connectivity index (χ0v) is 15.1. The molecule has 1 amide bonds. The smallest absolute Gasteiger partial charge is 0.267 e. The second kappa shape index (κ2) is 6.98. The Morgan fingerprint density at radius 3 is 2.79 bits per heavy atom. The summed E-state index contributed by atoms with van der Waals surface area (Å²) in [4.78, 5) is 24.6. The summed E-state index contributed by atoms with van der Waals surface area (Å²) in [6, 6.07) is 1.54. The van der Waals surface area contributed by atoms with Gasteiger partial charge in [-0.15, -0.1) is 11.3 Å². The maximum atomic E-state index is 13.5. The van der Waals surface area contributed by atoms with Crippen molar-refractivity contribution in [2.24, 2.45) is 0 Å². The number of amides is 1. The average Bonchev–Trinajstić information content (AvgIpc) is 3.08. The van der Waals surface area contributed by atoms with Gasteiger partial charge >= 0.3 is 0 Å². The van der Waals surface area contributed by atoms with Crippen LogP contribution in [0.3, 0.4) is 0 Å². The highest BCUT2D eigenvalue weighted by atomic mass is 35.5. The van der Waals surface area contributed by atoms with E-state index < -0.39 is 11.0 Å². The number of rotatable bonds is 4. The van der Waals surface area contributed by atoms with Crippen molar-refractivity contribution in [1.29, 1.82) is 0 Å². The molecular weight excluding hydrogens is 396 g/mol. The Hall–Kier alpha value is -1.81. The van der Waals surface area contributed by atoms with Crippen LogP contribution in [0.4, 0.5) is 21.0 Å². The predicted molar refractivity (Wildman–Crippen MR) is 94.4 cm³/mol. The number of carbonyl (C=O) groups is 1. The third-order valence-electron chi connectivity index (χ3n) is 2.71. The Morgan fingerprint density at radius 2 is 2.12 bits per heavy atom. The van der Waals surface area contributed by atoms with Crippen LogP contribution in [-0.2, 0) is 0 Å². The first kappa shape index (κ1) is 17.0. The van der Waals surface area contributed by atoms with Crippen LogP contribution in [-0.4, -0.2) is 20.9 Å². The number of halogens is 3. The molecule has 6 nitrogen and oxygen atoms in total. The molecule has 0 radical (unpaired) electrons. The maximum Gasteiger partial charge on any atom is 0.267 e.